The van der Waals surface area contributed by atoms with Crippen LogP contribution < -0.4 is 5.32 Å². The van der Waals surface area contributed by atoms with E-state index in [2.05, 4.69) is 5.32 Å². The summed E-state index contributed by atoms with van der Waals surface area (Å²) < 4.78 is 27.5. The predicted octanol–water partition coefficient (Wildman–Crippen LogP) is 4.36. The van der Waals surface area contributed by atoms with E-state index in [1.54, 1.807) is 17.5 Å². The number of fused-ring (bicyclic) bond motifs is 1. The highest BCUT2D eigenvalue weighted by molar-refractivity contribution is 7.91. The Bertz CT molecular complexity index is 1150. The Morgan fingerprint density at radius 3 is 2.48 bits per heavy atom. The number of carbonyl (C=O) groups is 1. The predicted molar refractivity (Wildman–Crippen MR) is 116 cm³/mol. The molecule has 0 fully saturated rings. The molecule has 1 aliphatic heterocycles. The quantitative estimate of drug-likeness (QED) is 0.674. The van der Waals surface area contributed by atoms with Crippen molar-refractivity contribution < 1.29 is 13.2 Å². The molecule has 0 atom stereocenters. The molecule has 1 amide bonds. The fraction of sp³-hybridized carbons (Fsp3) is 0.227. The molecular formula is C22H22N2O3S2. The smallest absolute Gasteiger partial charge is 0.255 e. The molecule has 150 valence electrons. The zero-order valence-electron chi connectivity index (χ0n) is 16.3. The highest BCUT2D eigenvalue weighted by atomic mass is 32.2. The van der Waals surface area contributed by atoms with Crippen LogP contribution in [-0.2, 0) is 23.0 Å². The van der Waals surface area contributed by atoms with Crippen molar-refractivity contribution in [3.05, 3.63) is 81.7 Å². The summed E-state index contributed by atoms with van der Waals surface area (Å²) in [6.45, 7) is 4.70. The van der Waals surface area contributed by atoms with E-state index in [0.717, 1.165) is 22.3 Å². The lowest BCUT2D eigenvalue weighted by Gasteiger charge is -2.28. The Morgan fingerprint density at radius 2 is 1.79 bits per heavy atom. The number of aryl methyl sites for hydroxylation is 2. The minimum Gasteiger partial charge on any atom is -0.322 e. The Hall–Kier alpha value is -2.48. The van der Waals surface area contributed by atoms with E-state index in [-0.39, 0.29) is 5.91 Å². The number of hydrogen-bond donors (Lipinski definition) is 1. The summed E-state index contributed by atoms with van der Waals surface area (Å²) in [5, 5.41) is 4.71. The zero-order chi connectivity index (χ0) is 20.6. The molecule has 2 heterocycles. The largest absolute Gasteiger partial charge is 0.322 e. The molecule has 3 aromatic rings. The van der Waals surface area contributed by atoms with Crippen LogP contribution >= 0.6 is 11.3 Å². The van der Waals surface area contributed by atoms with Gasteiger partial charge in [-0.3, -0.25) is 4.79 Å². The van der Waals surface area contributed by atoms with Gasteiger partial charge in [0.15, 0.2) is 0 Å². The monoisotopic (exact) mass is 426 g/mol. The van der Waals surface area contributed by atoms with Gasteiger partial charge in [-0.25, -0.2) is 8.42 Å². The van der Waals surface area contributed by atoms with Crippen LogP contribution in [0, 0.1) is 13.8 Å². The van der Waals surface area contributed by atoms with Crippen LogP contribution in [0.1, 0.15) is 32.6 Å². The van der Waals surface area contributed by atoms with E-state index >= 15 is 0 Å². The second kappa shape index (κ2) is 7.74. The van der Waals surface area contributed by atoms with Gasteiger partial charge in [0.2, 0.25) is 0 Å². The lowest BCUT2D eigenvalue weighted by atomic mass is 10.0. The van der Waals surface area contributed by atoms with Gasteiger partial charge in [-0.05, 0) is 67.1 Å². The lowest BCUT2D eigenvalue weighted by Crippen LogP contribution is -2.35. The van der Waals surface area contributed by atoms with Crippen molar-refractivity contribution in [3.63, 3.8) is 0 Å². The molecule has 29 heavy (non-hydrogen) atoms. The third-order valence-corrected chi connectivity index (χ3v) is 8.23. The maximum absolute atomic E-state index is 12.8. The highest BCUT2D eigenvalue weighted by Crippen LogP contribution is 2.29. The van der Waals surface area contributed by atoms with Gasteiger partial charge in [-0.1, -0.05) is 29.3 Å². The minimum absolute atomic E-state index is 0.171. The van der Waals surface area contributed by atoms with Crippen LogP contribution in [0.2, 0.25) is 0 Å². The van der Waals surface area contributed by atoms with Crippen LogP contribution in [0.25, 0.3) is 0 Å². The fourth-order valence-corrected chi connectivity index (χ4v) is 6.22. The van der Waals surface area contributed by atoms with Gasteiger partial charge in [0.05, 0.1) is 0 Å². The summed E-state index contributed by atoms with van der Waals surface area (Å²) in [4.78, 5) is 12.6. The fourth-order valence-electron chi connectivity index (χ4n) is 3.66. The van der Waals surface area contributed by atoms with Gasteiger partial charge in [-0.2, -0.15) is 4.31 Å². The summed E-state index contributed by atoms with van der Waals surface area (Å²) in [5.74, 6) is -0.171. The SMILES string of the molecule is Cc1cc(C)cc(C(=O)Nc2ccc3c(c2)CN(S(=O)(=O)c2cccs2)CC3)c1. The molecule has 1 N–H and O–H groups in total. The number of nitrogens with zero attached hydrogens (tertiary/aromatic N) is 1. The molecule has 0 radical (unpaired) electrons. The van der Waals surface area contributed by atoms with Crippen LogP contribution in [0.5, 0.6) is 0 Å². The Morgan fingerprint density at radius 1 is 1.03 bits per heavy atom. The molecular weight excluding hydrogens is 404 g/mol. The number of rotatable bonds is 4. The van der Waals surface area contributed by atoms with Crippen molar-refractivity contribution in [2.24, 2.45) is 0 Å². The standard InChI is InChI=1S/C22H22N2O3S2/c1-15-10-16(2)12-18(11-15)22(25)23-20-6-5-17-7-8-24(14-19(17)13-20)29(26,27)21-4-3-9-28-21/h3-6,9-13H,7-8,14H2,1-2H3,(H,23,25). The van der Waals surface area contributed by atoms with Crippen LogP contribution in [0.15, 0.2) is 58.1 Å². The molecule has 2 aromatic carbocycles. The van der Waals surface area contributed by atoms with E-state index in [0.29, 0.717) is 35.0 Å². The maximum Gasteiger partial charge on any atom is 0.255 e. The summed E-state index contributed by atoms with van der Waals surface area (Å²) in [5.41, 5.74) is 5.40. The van der Waals surface area contributed by atoms with Gasteiger partial charge in [0.1, 0.15) is 4.21 Å². The number of amides is 1. The lowest BCUT2D eigenvalue weighted by molar-refractivity contribution is 0.102. The molecule has 0 saturated carbocycles. The van der Waals surface area contributed by atoms with Gasteiger partial charge >= 0.3 is 0 Å². The number of anilines is 1. The van der Waals surface area contributed by atoms with Crippen molar-refractivity contribution in [3.8, 4) is 0 Å². The Labute approximate surface area is 175 Å². The second-order valence-electron chi connectivity index (χ2n) is 7.33. The summed E-state index contributed by atoms with van der Waals surface area (Å²) in [7, 11) is -3.49. The Balaban J connectivity index is 1.55. The van der Waals surface area contributed by atoms with Crippen molar-refractivity contribution in [1.29, 1.82) is 0 Å². The summed E-state index contributed by atoms with van der Waals surface area (Å²) >= 11 is 1.23. The van der Waals surface area contributed by atoms with Crippen molar-refractivity contribution in [2.75, 3.05) is 11.9 Å². The molecule has 0 unspecified atom stereocenters. The number of thiophene rings is 1. The molecule has 0 spiro atoms. The van der Waals surface area contributed by atoms with E-state index in [4.69, 9.17) is 0 Å². The highest BCUT2D eigenvalue weighted by Gasteiger charge is 2.29. The van der Waals surface area contributed by atoms with Crippen molar-refractivity contribution in [1.82, 2.24) is 4.31 Å². The molecule has 0 aliphatic carbocycles. The molecule has 4 rings (SSSR count). The average molecular weight is 427 g/mol. The molecule has 7 heteroatoms. The third kappa shape index (κ3) is 4.12. The van der Waals surface area contributed by atoms with E-state index in [1.807, 2.05) is 50.2 Å². The van der Waals surface area contributed by atoms with Gasteiger partial charge in [-0.15, -0.1) is 11.3 Å². The van der Waals surface area contributed by atoms with Gasteiger partial charge < -0.3 is 5.32 Å². The molecule has 1 aromatic heterocycles. The number of benzene rings is 2. The topological polar surface area (TPSA) is 66.5 Å². The number of sulfonamides is 1. The summed E-state index contributed by atoms with van der Waals surface area (Å²) in [6.07, 6.45) is 0.658. The van der Waals surface area contributed by atoms with Gasteiger partial charge in [0, 0.05) is 24.3 Å². The number of hydrogen-bond acceptors (Lipinski definition) is 4. The second-order valence-corrected chi connectivity index (χ2v) is 10.4. The normalized spacial score (nSPS) is 14.4. The maximum atomic E-state index is 12.8. The van der Waals surface area contributed by atoms with E-state index < -0.39 is 10.0 Å². The number of carbonyl (C=O) groups excluding carboxylic acids is 1. The average Bonchev–Trinajstić information content (AvgIpc) is 3.22. The van der Waals surface area contributed by atoms with Gasteiger partial charge in [0.25, 0.3) is 15.9 Å². The van der Waals surface area contributed by atoms with Crippen LogP contribution in [0.4, 0.5) is 5.69 Å². The first-order valence-electron chi connectivity index (χ1n) is 9.38. The summed E-state index contributed by atoms with van der Waals surface area (Å²) in [6, 6.07) is 14.9. The molecule has 0 saturated heterocycles. The first-order valence-corrected chi connectivity index (χ1v) is 11.7. The third-order valence-electron chi connectivity index (χ3n) is 5.01. The van der Waals surface area contributed by atoms with Crippen molar-refractivity contribution >= 4 is 33.0 Å². The first-order chi connectivity index (χ1) is 13.8. The molecule has 5 nitrogen and oxygen atoms in total. The van der Waals surface area contributed by atoms with E-state index in [9.17, 15) is 13.2 Å². The zero-order valence-corrected chi connectivity index (χ0v) is 17.9. The molecule has 1 aliphatic rings. The van der Waals surface area contributed by atoms with Crippen LogP contribution in [0.3, 0.4) is 0 Å². The number of nitrogens with one attached hydrogen (secondary N) is 1. The molecule has 0 bridgehead atoms. The minimum atomic E-state index is -3.49. The van der Waals surface area contributed by atoms with Crippen molar-refractivity contribution in [2.45, 2.75) is 31.0 Å². The Kier molecular flexibility index (Phi) is 5.29. The van der Waals surface area contributed by atoms with E-state index in [1.165, 1.54) is 15.6 Å². The van der Waals surface area contributed by atoms with Crippen LogP contribution in [-0.4, -0.2) is 25.2 Å². The first kappa shape index (κ1) is 19.8.